The van der Waals surface area contributed by atoms with Gasteiger partial charge in [-0.25, -0.2) is 0 Å². The second kappa shape index (κ2) is 32.5. The number of nitrogens with two attached hydrogens (primary N) is 4. The molecule has 0 fully saturated rings. The SMILES string of the molecule is [Cl][Os].[NH2-].[NH2-].[NH2-].[NH2-].c1cn[nH]c1. The van der Waals surface area contributed by atoms with Gasteiger partial charge in [-0.05, 0) is 6.07 Å². The summed E-state index contributed by atoms with van der Waals surface area (Å²) in [6.07, 6.45) is 3.46. The smallest absolute Gasteiger partial charge is 0.0487 e. The molecule has 0 aliphatic carbocycles. The molecule has 0 aromatic carbocycles. The van der Waals surface area contributed by atoms with E-state index in [0.717, 1.165) is 0 Å². The summed E-state index contributed by atoms with van der Waals surface area (Å²) in [4.78, 5) is 0. The molecule has 0 unspecified atom stereocenters. The molecule has 0 saturated heterocycles. The summed E-state index contributed by atoms with van der Waals surface area (Å²) in [5, 5.41) is 6.21. The average Bonchev–Trinajstić information content (AvgIpc) is 2.23. The maximum Gasteiger partial charge on any atom is 0.0487 e. The van der Waals surface area contributed by atoms with E-state index in [-0.39, 0.29) is 24.6 Å². The summed E-state index contributed by atoms with van der Waals surface area (Å²) in [6, 6.07) is 1.83. The van der Waals surface area contributed by atoms with Crippen molar-refractivity contribution in [3.8, 4) is 0 Å². The zero-order valence-corrected chi connectivity index (χ0v) is 9.02. The van der Waals surface area contributed by atoms with E-state index in [1.165, 1.54) is 17.6 Å². The van der Waals surface area contributed by atoms with E-state index in [1.54, 1.807) is 12.4 Å². The van der Waals surface area contributed by atoms with Gasteiger partial charge >= 0.3 is 27.2 Å². The Hall–Kier alpha value is -0.0236. The number of aromatic amines is 1. The second-order valence-electron chi connectivity index (χ2n) is 0.766. The molecule has 0 aliphatic rings. The van der Waals surface area contributed by atoms with Gasteiger partial charge in [-0.15, -0.1) is 0 Å². The van der Waals surface area contributed by atoms with Crippen molar-refractivity contribution in [1.82, 2.24) is 10.2 Å². The van der Waals surface area contributed by atoms with E-state index < -0.39 is 0 Å². The molecule has 0 aliphatic heterocycles. The van der Waals surface area contributed by atoms with Crippen molar-refractivity contribution >= 4 is 9.64 Å². The summed E-state index contributed by atoms with van der Waals surface area (Å²) >= 11 is 1.33. The zero-order valence-electron chi connectivity index (χ0n) is 5.72. The van der Waals surface area contributed by atoms with Crippen LogP contribution < -0.4 is 0 Å². The summed E-state index contributed by atoms with van der Waals surface area (Å²) in [5.74, 6) is 0. The quantitative estimate of drug-likeness (QED) is 0.730. The van der Waals surface area contributed by atoms with Crippen LogP contribution in [0, 0.1) is 0 Å². The third-order valence-electron chi connectivity index (χ3n) is 0.406. The number of rotatable bonds is 0. The normalized spacial score (nSPS) is 4.18. The van der Waals surface area contributed by atoms with E-state index in [9.17, 15) is 0 Å². The first-order valence-electron chi connectivity index (χ1n) is 1.57. The molecule has 0 atom stereocenters. The van der Waals surface area contributed by atoms with Gasteiger partial charge in [0.15, 0.2) is 0 Å². The van der Waals surface area contributed by atoms with E-state index >= 15 is 0 Å². The largest absolute Gasteiger partial charge is 0.693 e. The van der Waals surface area contributed by atoms with Gasteiger partial charge in [0.2, 0.25) is 0 Å². The summed E-state index contributed by atoms with van der Waals surface area (Å²) in [5.41, 5.74) is 0. The molecule has 1 aromatic rings. The summed E-state index contributed by atoms with van der Waals surface area (Å²) in [7, 11) is 4.67. The van der Waals surface area contributed by atoms with Crippen molar-refractivity contribution in [2.24, 2.45) is 0 Å². The standard InChI is InChI=1S/C3H4N2.ClH.4H2N.Os/c1-2-4-5-3-1;;;;;;/h1-3H,(H,4,5);1H;4*1H2;/q;;4*-1;+1/p-1. The Labute approximate surface area is 80.7 Å². The average molecular weight is 358 g/mol. The van der Waals surface area contributed by atoms with E-state index in [1.807, 2.05) is 6.07 Å². The van der Waals surface area contributed by atoms with Gasteiger partial charge in [-0.2, -0.15) is 5.10 Å². The molecule has 1 heterocycles. The topological polar surface area (TPSA) is 163 Å². The first kappa shape index (κ1) is 30.6. The van der Waals surface area contributed by atoms with E-state index in [4.69, 9.17) is 0 Å². The molecule has 6 nitrogen and oxygen atoms in total. The molecule has 0 bridgehead atoms. The Morgan fingerprint density at radius 1 is 1.09 bits per heavy atom. The monoisotopic (exact) mass is 359 g/mol. The number of nitrogens with one attached hydrogen (secondary N) is 1. The first-order valence-corrected chi connectivity index (χ1v) is 4.72. The maximum absolute atomic E-state index is 4.67. The van der Waals surface area contributed by atoms with Crippen LogP contribution in [-0.4, -0.2) is 10.2 Å². The third kappa shape index (κ3) is 25.6. The maximum atomic E-state index is 4.67. The van der Waals surface area contributed by atoms with Gasteiger partial charge in [-0.1, -0.05) is 0 Å². The molecular formula is C3H12ClN6Os-4. The summed E-state index contributed by atoms with van der Waals surface area (Å²) < 4.78 is 0. The van der Waals surface area contributed by atoms with Crippen LogP contribution in [0.3, 0.4) is 0 Å². The number of aromatic nitrogens is 2. The second-order valence-corrected chi connectivity index (χ2v) is 0.766. The Kier molecular flexibility index (Phi) is 90.3. The zero-order chi connectivity index (χ0) is 5.54. The molecule has 9 N–H and O–H groups in total. The minimum Gasteiger partial charge on any atom is -0.693 e. The molecule has 11 heavy (non-hydrogen) atoms. The predicted molar refractivity (Wildman–Crippen MR) is 45.6 cm³/mol. The van der Waals surface area contributed by atoms with Crippen molar-refractivity contribution in [3.05, 3.63) is 43.1 Å². The fourth-order valence-electron chi connectivity index (χ4n) is 0.215. The van der Waals surface area contributed by atoms with Crippen LogP contribution in [0.1, 0.15) is 0 Å². The molecule has 0 radical (unpaired) electrons. The molecule has 8 heteroatoms. The van der Waals surface area contributed by atoms with Crippen LogP contribution in [0.15, 0.2) is 18.5 Å². The van der Waals surface area contributed by atoms with E-state index in [2.05, 4.69) is 19.8 Å². The van der Waals surface area contributed by atoms with Crippen LogP contribution in [0.5, 0.6) is 0 Å². The Bertz CT molecular complexity index is 74.3. The Morgan fingerprint density at radius 2 is 1.55 bits per heavy atom. The van der Waals surface area contributed by atoms with Crippen molar-refractivity contribution in [3.63, 3.8) is 0 Å². The molecule has 73 valence electrons. The number of halogens is 1. The predicted octanol–water partition coefficient (Wildman–Crippen LogP) is 3.97. The first-order chi connectivity index (χ1) is 3.50. The minimum atomic E-state index is 0. The van der Waals surface area contributed by atoms with Gasteiger partial charge in [-0.3, -0.25) is 5.10 Å². The molecular weight excluding hydrogens is 346 g/mol. The number of H-pyrrole nitrogens is 1. The van der Waals surface area contributed by atoms with Crippen LogP contribution in [0.4, 0.5) is 0 Å². The Balaban J connectivity index is -0.0000000189. The third-order valence-corrected chi connectivity index (χ3v) is 0.406. The number of nitrogens with zero attached hydrogens (tertiary/aromatic N) is 1. The molecule has 0 spiro atoms. The minimum absolute atomic E-state index is 0. The van der Waals surface area contributed by atoms with E-state index in [0.29, 0.717) is 0 Å². The van der Waals surface area contributed by atoms with Gasteiger partial charge in [0.1, 0.15) is 0 Å². The molecule has 1 rings (SSSR count). The van der Waals surface area contributed by atoms with Crippen LogP contribution in [0.25, 0.3) is 24.6 Å². The van der Waals surface area contributed by atoms with Crippen LogP contribution in [0.2, 0.25) is 0 Å². The van der Waals surface area contributed by atoms with Crippen LogP contribution in [-0.2, 0) is 17.6 Å². The Morgan fingerprint density at radius 3 is 1.64 bits per heavy atom. The van der Waals surface area contributed by atoms with Gasteiger partial charge < -0.3 is 24.6 Å². The molecule has 1 aromatic heterocycles. The molecule has 0 amide bonds. The van der Waals surface area contributed by atoms with Gasteiger partial charge in [0.25, 0.3) is 0 Å². The van der Waals surface area contributed by atoms with Crippen molar-refractivity contribution in [2.45, 2.75) is 0 Å². The van der Waals surface area contributed by atoms with Crippen LogP contribution >= 0.6 is 9.64 Å². The molecule has 0 saturated carbocycles. The van der Waals surface area contributed by atoms with Gasteiger partial charge in [0, 0.05) is 12.4 Å². The number of hydrogen-bond acceptors (Lipinski definition) is 1. The number of hydrogen-bond donors (Lipinski definition) is 1. The summed E-state index contributed by atoms with van der Waals surface area (Å²) in [6.45, 7) is 0. The van der Waals surface area contributed by atoms with Crippen molar-refractivity contribution in [2.75, 3.05) is 0 Å². The van der Waals surface area contributed by atoms with Crippen molar-refractivity contribution in [1.29, 1.82) is 0 Å². The fourth-order valence-corrected chi connectivity index (χ4v) is 0.215. The van der Waals surface area contributed by atoms with Gasteiger partial charge in [0.05, 0.1) is 0 Å². The fraction of sp³-hybridized carbons (Fsp3) is 0. The van der Waals surface area contributed by atoms with Crippen molar-refractivity contribution < 1.29 is 17.6 Å².